The van der Waals surface area contributed by atoms with Gasteiger partial charge in [0, 0.05) is 37.9 Å². The summed E-state index contributed by atoms with van der Waals surface area (Å²) in [5, 5.41) is 11.0. The third-order valence-electron chi connectivity index (χ3n) is 4.24. The van der Waals surface area contributed by atoms with E-state index in [9.17, 15) is 0 Å². The summed E-state index contributed by atoms with van der Waals surface area (Å²) in [7, 11) is 3.75. The van der Waals surface area contributed by atoms with Crippen molar-refractivity contribution in [1.29, 1.82) is 0 Å². The third-order valence-corrected chi connectivity index (χ3v) is 4.73. The Morgan fingerprint density at radius 2 is 2.16 bits per heavy atom. The summed E-state index contributed by atoms with van der Waals surface area (Å²) in [5.41, 5.74) is 2.59. The number of nitrogens with zero attached hydrogens (tertiary/aromatic N) is 3. The van der Waals surface area contributed by atoms with Gasteiger partial charge in [-0.2, -0.15) is 5.10 Å². The van der Waals surface area contributed by atoms with Gasteiger partial charge in [0.2, 0.25) is 0 Å². The van der Waals surface area contributed by atoms with Gasteiger partial charge in [-0.25, -0.2) is 0 Å². The van der Waals surface area contributed by atoms with Gasteiger partial charge in [-0.05, 0) is 42.0 Å². The van der Waals surface area contributed by atoms with Crippen molar-refractivity contribution in [3.8, 4) is 0 Å². The number of nitrogens with one attached hydrogen (secondary N) is 2. The maximum atomic E-state index is 4.32. The van der Waals surface area contributed by atoms with Gasteiger partial charge in [0.05, 0.1) is 6.20 Å². The van der Waals surface area contributed by atoms with Crippen LogP contribution in [-0.2, 0) is 19.9 Å². The molecule has 2 aromatic rings. The summed E-state index contributed by atoms with van der Waals surface area (Å²) >= 11 is 3.55. The molecule has 1 heterocycles. The minimum atomic E-state index is 0.575. The summed E-state index contributed by atoms with van der Waals surface area (Å²) < 4.78 is 2.97. The topological polar surface area (TPSA) is 54.2 Å². The van der Waals surface area contributed by atoms with Crippen LogP contribution < -0.4 is 10.6 Å². The maximum absolute atomic E-state index is 4.32. The molecule has 136 valence electrons. The minimum Gasteiger partial charge on any atom is -0.356 e. The lowest BCUT2D eigenvalue weighted by Gasteiger charge is -2.18. The van der Waals surface area contributed by atoms with Gasteiger partial charge < -0.3 is 10.6 Å². The molecular formula is C19H28BrN5. The second-order valence-corrected chi connectivity index (χ2v) is 7.18. The summed E-state index contributed by atoms with van der Waals surface area (Å²) in [6, 6.07) is 8.55. The Bertz CT molecular complexity index is 680. The van der Waals surface area contributed by atoms with Gasteiger partial charge >= 0.3 is 0 Å². The second-order valence-electron chi connectivity index (χ2n) is 6.26. The van der Waals surface area contributed by atoms with Crippen LogP contribution in [0.1, 0.15) is 24.5 Å². The van der Waals surface area contributed by atoms with Crippen LogP contribution in [0.25, 0.3) is 0 Å². The highest BCUT2D eigenvalue weighted by Gasteiger charge is 2.09. The fraction of sp³-hybridized carbons (Fsp3) is 0.474. The van der Waals surface area contributed by atoms with Crippen molar-refractivity contribution in [2.45, 2.75) is 26.2 Å². The van der Waals surface area contributed by atoms with E-state index in [4.69, 9.17) is 0 Å². The lowest BCUT2D eigenvalue weighted by molar-refractivity contribution is 0.493. The molecule has 0 saturated heterocycles. The highest BCUT2D eigenvalue weighted by Crippen LogP contribution is 2.16. The van der Waals surface area contributed by atoms with E-state index in [0.29, 0.717) is 5.92 Å². The molecule has 0 fully saturated rings. The summed E-state index contributed by atoms with van der Waals surface area (Å²) in [4.78, 5) is 4.32. The number of guanidine groups is 1. The molecular weight excluding hydrogens is 378 g/mol. The van der Waals surface area contributed by atoms with E-state index >= 15 is 0 Å². The molecule has 0 aliphatic carbocycles. The molecule has 6 heteroatoms. The molecule has 0 radical (unpaired) electrons. The highest BCUT2D eigenvalue weighted by atomic mass is 79.9. The van der Waals surface area contributed by atoms with Gasteiger partial charge in [0.25, 0.3) is 0 Å². The first-order valence-corrected chi connectivity index (χ1v) is 9.56. The van der Waals surface area contributed by atoms with E-state index in [-0.39, 0.29) is 0 Å². The first-order valence-electron chi connectivity index (χ1n) is 8.77. The smallest absolute Gasteiger partial charge is 0.190 e. The molecule has 2 N–H and O–H groups in total. The molecule has 0 bridgehead atoms. The Morgan fingerprint density at radius 1 is 1.32 bits per heavy atom. The SMILES string of the molecule is CCC(CNC(=NC)NCCc1cnn(C)c1)Cc1cccc(Br)c1. The van der Waals surface area contributed by atoms with Gasteiger partial charge in [-0.3, -0.25) is 9.67 Å². The fourth-order valence-corrected chi connectivity index (χ4v) is 3.19. The number of hydrogen-bond donors (Lipinski definition) is 2. The van der Waals surface area contributed by atoms with Gasteiger partial charge in [-0.1, -0.05) is 41.4 Å². The van der Waals surface area contributed by atoms with Gasteiger partial charge in [-0.15, -0.1) is 0 Å². The molecule has 1 aromatic heterocycles. The van der Waals surface area contributed by atoms with E-state index in [1.165, 1.54) is 11.1 Å². The lowest BCUT2D eigenvalue weighted by atomic mass is 9.97. The minimum absolute atomic E-state index is 0.575. The Morgan fingerprint density at radius 3 is 2.80 bits per heavy atom. The Kier molecular flexibility index (Phi) is 7.98. The molecule has 25 heavy (non-hydrogen) atoms. The Labute approximate surface area is 159 Å². The summed E-state index contributed by atoms with van der Waals surface area (Å²) in [6.45, 7) is 3.99. The second kappa shape index (κ2) is 10.2. The van der Waals surface area contributed by atoms with Crippen LogP contribution in [0, 0.1) is 5.92 Å². The van der Waals surface area contributed by atoms with E-state index in [1.807, 2.05) is 31.2 Å². The lowest BCUT2D eigenvalue weighted by Crippen LogP contribution is -2.40. The average Bonchev–Trinajstić information content (AvgIpc) is 3.02. The van der Waals surface area contributed by atoms with Crippen molar-refractivity contribution in [2.24, 2.45) is 18.0 Å². The predicted octanol–water partition coefficient (Wildman–Crippen LogP) is 3.16. The van der Waals surface area contributed by atoms with Crippen LogP contribution in [0.3, 0.4) is 0 Å². The number of hydrogen-bond acceptors (Lipinski definition) is 2. The first-order chi connectivity index (χ1) is 12.1. The van der Waals surface area contributed by atoms with Crippen LogP contribution in [0.2, 0.25) is 0 Å². The van der Waals surface area contributed by atoms with Crippen LogP contribution in [0.4, 0.5) is 0 Å². The number of benzene rings is 1. The monoisotopic (exact) mass is 405 g/mol. The predicted molar refractivity (Wildman–Crippen MR) is 108 cm³/mol. The number of halogens is 1. The van der Waals surface area contributed by atoms with E-state index in [0.717, 1.165) is 42.8 Å². The van der Waals surface area contributed by atoms with Crippen LogP contribution >= 0.6 is 15.9 Å². The molecule has 1 aromatic carbocycles. The fourth-order valence-electron chi connectivity index (χ4n) is 2.75. The highest BCUT2D eigenvalue weighted by molar-refractivity contribution is 9.10. The van der Waals surface area contributed by atoms with Gasteiger partial charge in [0.1, 0.15) is 0 Å². The standard InChI is InChI=1S/C19H28BrN5/c1-4-15(10-16-6-5-7-18(20)11-16)12-23-19(21-2)22-9-8-17-13-24-25(3)14-17/h5-7,11,13-15H,4,8-10,12H2,1-3H3,(H2,21,22,23). The summed E-state index contributed by atoms with van der Waals surface area (Å²) in [6.07, 6.45) is 7.08. The zero-order chi connectivity index (χ0) is 18.1. The number of aliphatic imine (C=N–C) groups is 1. The van der Waals surface area contributed by atoms with Crippen LogP contribution in [0.15, 0.2) is 46.1 Å². The molecule has 0 aliphatic heterocycles. The van der Waals surface area contributed by atoms with Crippen LogP contribution in [0.5, 0.6) is 0 Å². The average molecular weight is 406 g/mol. The molecule has 1 unspecified atom stereocenters. The van der Waals surface area contributed by atoms with Crippen molar-refractivity contribution in [2.75, 3.05) is 20.1 Å². The zero-order valence-corrected chi connectivity index (χ0v) is 16.9. The van der Waals surface area contributed by atoms with Crippen molar-refractivity contribution in [3.05, 3.63) is 52.3 Å². The molecule has 2 rings (SSSR count). The van der Waals surface area contributed by atoms with Crippen LogP contribution in [-0.4, -0.2) is 35.9 Å². The maximum Gasteiger partial charge on any atom is 0.190 e. The van der Waals surface area contributed by atoms with Crippen molar-refractivity contribution in [1.82, 2.24) is 20.4 Å². The molecule has 5 nitrogen and oxygen atoms in total. The van der Waals surface area contributed by atoms with Crippen molar-refractivity contribution in [3.63, 3.8) is 0 Å². The number of rotatable bonds is 8. The summed E-state index contributed by atoms with van der Waals surface area (Å²) in [5.74, 6) is 1.43. The van der Waals surface area contributed by atoms with E-state index in [2.05, 4.69) is 67.8 Å². The molecule has 1 atom stereocenters. The quantitative estimate of drug-likeness (QED) is 0.523. The molecule has 0 saturated carbocycles. The van der Waals surface area contributed by atoms with E-state index < -0.39 is 0 Å². The molecule has 0 aliphatic rings. The molecule has 0 amide bonds. The zero-order valence-electron chi connectivity index (χ0n) is 15.3. The number of aromatic nitrogens is 2. The van der Waals surface area contributed by atoms with Crippen molar-refractivity contribution >= 4 is 21.9 Å². The normalized spacial score (nSPS) is 12.9. The first kappa shape index (κ1) is 19.5. The third kappa shape index (κ3) is 6.90. The van der Waals surface area contributed by atoms with Gasteiger partial charge in [0.15, 0.2) is 5.96 Å². The Balaban J connectivity index is 1.75. The molecule has 0 spiro atoms. The largest absolute Gasteiger partial charge is 0.356 e. The van der Waals surface area contributed by atoms with Crippen molar-refractivity contribution < 1.29 is 0 Å². The Hall–Kier alpha value is -1.82. The number of aryl methyl sites for hydroxylation is 1. The van der Waals surface area contributed by atoms with E-state index in [1.54, 1.807) is 0 Å².